The topological polar surface area (TPSA) is 33.4 Å². The van der Waals surface area contributed by atoms with E-state index in [0.717, 1.165) is 37.3 Å². The van der Waals surface area contributed by atoms with Gasteiger partial charge in [0.25, 0.3) is 0 Å². The summed E-state index contributed by atoms with van der Waals surface area (Å²) < 4.78 is 1.90. The van der Waals surface area contributed by atoms with E-state index in [2.05, 4.69) is 23.8 Å². The van der Waals surface area contributed by atoms with Gasteiger partial charge in [-0.2, -0.15) is 5.10 Å². The Morgan fingerprint density at radius 3 is 2.52 bits per heavy atom. The monoisotopic (exact) mass is 304 g/mol. The molecule has 112 valence electrons. The van der Waals surface area contributed by atoms with Gasteiger partial charge in [-0.15, -0.1) is 0 Å². The fraction of sp³-hybridized carbons (Fsp3) is 0.375. The van der Waals surface area contributed by atoms with Crippen LogP contribution in [-0.2, 0) is 0 Å². The molecule has 4 nitrogen and oxygen atoms in total. The molecule has 2 rings (SSSR count). The van der Waals surface area contributed by atoms with Crippen molar-refractivity contribution in [3.05, 3.63) is 53.6 Å². The third-order valence-corrected chi connectivity index (χ3v) is 3.39. The molecule has 0 radical (unpaired) electrons. The molecule has 0 aliphatic rings. The molecule has 0 spiro atoms. The fourth-order valence-electron chi connectivity index (χ4n) is 2.13. The van der Waals surface area contributed by atoms with Gasteiger partial charge in [-0.3, -0.25) is 9.58 Å². The average molecular weight is 305 g/mol. The van der Waals surface area contributed by atoms with Gasteiger partial charge in [-0.05, 0) is 25.0 Å². The maximum Gasteiger partial charge on any atom is 0.166 e. The Kier molecular flexibility index (Phi) is 5.81. The summed E-state index contributed by atoms with van der Waals surface area (Å²) in [6.07, 6.45) is 7.50. The van der Waals surface area contributed by atoms with Gasteiger partial charge >= 0.3 is 0 Å². The summed E-state index contributed by atoms with van der Waals surface area (Å²) in [5.41, 5.74) is 0.911. The van der Waals surface area contributed by atoms with Crippen LogP contribution >= 0.6 is 11.6 Å². The van der Waals surface area contributed by atoms with Gasteiger partial charge < -0.3 is 0 Å². The Morgan fingerprint density at radius 2 is 1.95 bits per heavy atom. The highest BCUT2D eigenvalue weighted by atomic mass is 35.5. The van der Waals surface area contributed by atoms with Crippen molar-refractivity contribution in [1.29, 1.82) is 0 Å². The number of hydrogen-bond acceptors (Lipinski definition) is 3. The summed E-state index contributed by atoms with van der Waals surface area (Å²) >= 11 is 6.34. The maximum absolute atomic E-state index is 6.34. The number of hydrogen-bond donors (Lipinski definition) is 0. The molecule has 2 aromatic rings. The standard InChI is InChI=1S/C16H21ClN4/c1-3-10-21(11-4-2)19-16(20-12-9-18-13-20)14-7-5-6-8-15(14)17/h5-9,12-13H,3-4,10-11H2,1-2H3. The number of aromatic nitrogens is 2. The van der Waals surface area contributed by atoms with Crippen molar-refractivity contribution in [1.82, 2.24) is 14.6 Å². The summed E-state index contributed by atoms with van der Waals surface area (Å²) in [5.74, 6) is 0.806. The molecule has 0 atom stereocenters. The van der Waals surface area contributed by atoms with E-state index in [9.17, 15) is 0 Å². The molecule has 5 heteroatoms. The van der Waals surface area contributed by atoms with Crippen LogP contribution in [0.4, 0.5) is 0 Å². The van der Waals surface area contributed by atoms with Crippen molar-refractivity contribution in [2.24, 2.45) is 5.10 Å². The van der Waals surface area contributed by atoms with Gasteiger partial charge in [0.1, 0.15) is 6.33 Å². The van der Waals surface area contributed by atoms with E-state index in [1.165, 1.54) is 0 Å². The minimum atomic E-state index is 0.692. The number of nitrogens with zero attached hydrogens (tertiary/aromatic N) is 4. The van der Waals surface area contributed by atoms with Crippen LogP contribution in [-0.4, -0.2) is 33.5 Å². The molecule has 1 aromatic carbocycles. The molecule has 0 N–H and O–H groups in total. The van der Waals surface area contributed by atoms with Crippen LogP contribution in [0.3, 0.4) is 0 Å². The van der Waals surface area contributed by atoms with Gasteiger partial charge in [0.2, 0.25) is 0 Å². The zero-order valence-corrected chi connectivity index (χ0v) is 13.3. The first-order chi connectivity index (χ1) is 10.3. The maximum atomic E-state index is 6.34. The smallest absolute Gasteiger partial charge is 0.166 e. The second-order valence-electron chi connectivity index (χ2n) is 4.83. The lowest BCUT2D eigenvalue weighted by atomic mass is 10.2. The van der Waals surface area contributed by atoms with Crippen LogP contribution in [0.2, 0.25) is 5.02 Å². The molecule has 0 saturated heterocycles. The highest BCUT2D eigenvalue weighted by Gasteiger charge is 2.12. The highest BCUT2D eigenvalue weighted by molar-refractivity contribution is 6.34. The molecule has 1 heterocycles. The summed E-state index contributed by atoms with van der Waals surface area (Å²) in [5, 5.41) is 7.61. The van der Waals surface area contributed by atoms with Crippen LogP contribution in [0.5, 0.6) is 0 Å². The first kappa shape index (κ1) is 15.6. The first-order valence-corrected chi connectivity index (χ1v) is 7.70. The number of benzene rings is 1. The minimum Gasteiger partial charge on any atom is -0.295 e. The molecule has 0 saturated carbocycles. The molecular weight excluding hydrogens is 284 g/mol. The Bertz CT molecular complexity index is 572. The van der Waals surface area contributed by atoms with Crippen LogP contribution in [0, 0.1) is 0 Å². The van der Waals surface area contributed by atoms with E-state index in [4.69, 9.17) is 16.7 Å². The summed E-state index contributed by atoms with van der Waals surface area (Å²) in [7, 11) is 0. The zero-order valence-electron chi connectivity index (χ0n) is 12.5. The Balaban J connectivity index is 2.44. The summed E-state index contributed by atoms with van der Waals surface area (Å²) in [4.78, 5) is 4.12. The second kappa shape index (κ2) is 7.84. The Hall–Kier alpha value is -1.81. The molecule has 0 unspecified atom stereocenters. The van der Waals surface area contributed by atoms with Crippen molar-refractivity contribution in [3.63, 3.8) is 0 Å². The number of hydrazone groups is 1. The lowest BCUT2D eigenvalue weighted by molar-refractivity contribution is 0.288. The Morgan fingerprint density at radius 1 is 1.24 bits per heavy atom. The number of rotatable bonds is 6. The molecule has 0 bridgehead atoms. The van der Waals surface area contributed by atoms with E-state index >= 15 is 0 Å². The lowest BCUT2D eigenvalue weighted by Crippen LogP contribution is -2.24. The molecule has 0 fully saturated rings. The first-order valence-electron chi connectivity index (χ1n) is 7.33. The quantitative estimate of drug-likeness (QED) is 0.461. The SMILES string of the molecule is CCCN(CCC)N=C(c1ccccc1Cl)n1ccnc1. The van der Waals surface area contributed by atoms with Crippen molar-refractivity contribution in [2.75, 3.05) is 13.1 Å². The van der Waals surface area contributed by atoms with Gasteiger partial charge in [0.05, 0.1) is 5.02 Å². The third kappa shape index (κ3) is 4.08. The van der Waals surface area contributed by atoms with Crippen LogP contribution in [0.15, 0.2) is 48.1 Å². The van der Waals surface area contributed by atoms with Crippen molar-refractivity contribution >= 4 is 17.4 Å². The fourth-order valence-corrected chi connectivity index (χ4v) is 2.35. The van der Waals surface area contributed by atoms with Crippen molar-refractivity contribution in [2.45, 2.75) is 26.7 Å². The molecule has 0 amide bonds. The minimum absolute atomic E-state index is 0.692. The molecule has 21 heavy (non-hydrogen) atoms. The van der Waals surface area contributed by atoms with E-state index in [1.54, 1.807) is 12.5 Å². The van der Waals surface area contributed by atoms with Crippen LogP contribution < -0.4 is 0 Å². The third-order valence-electron chi connectivity index (χ3n) is 3.06. The predicted molar refractivity (Wildman–Crippen MR) is 87.8 cm³/mol. The lowest BCUT2D eigenvalue weighted by Gasteiger charge is -2.20. The number of halogens is 1. The van der Waals surface area contributed by atoms with Crippen molar-refractivity contribution in [3.8, 4) is 0 Å². The normalized spacial score (nSPS) is 11.7. The molecular formula is C16H21ClN4. The summed E-state index contributed by atoms with van der Waals surface area (Å²) in [6.45, 7) is 6.17. The second-order valence-corrected chi connectivity index (χ2v) is 5.23. The largest absolute Gasteiger partial charge is 0.295 e. The van der Waals surface area contributed by atoms with Crippen LogP contribution in [0.1, 0.15) is 32.3 Å². The van der Waals surface area contributed by atoms with Gasteiger partial charge in [0, 0.05) is 31.0 Å². The molecule has 0 aliphatic carbocycles. The average Bonchev–Trinajstić information content (AvgIpc) is 3.00. The molecule has 0 aliphatic heterocycles. The zero-order chi connectivity index (χ0) is 15.1. The van der Waals surface area contributed by atoms with E-state index < -0.39 is 0 Å². The van der Waals surface area contributed by atoms with Crippen molar-refractivity contribution < 1.29 is 0 Å². The van der Waals surface area contributed by atoms with Gasteiger partial charge in [-0.1, -0.05) is 37.6 Å². The van der Waals surface area contributed by atoms with E-state index in [1.807, 2.05) is 35.0 Å². The Labute approximate surface area is 131 Å². The van der Waals surface area contributed by atoms with Crippen LogP contribution in [0.25, 0.3) is 0 Å². The van der Waals surface area contributed by atoms with Gasteiger partial charge in [-0.25, -0.2) is 4.98 Å². The summed E-state index contributed by atoms with van der Waals surface area (Å²) in [6, 6.07) is 7.76. The highest BCUT2D eigenvalue weighted by Crippen LogP contribution is 2.17. The predicted octanol–water partition coefficient (Wildman–Crippen LogP) is 3.87. The van der Waals surface area contributed by atoms with E-state index in [0.29, 0.717) is 5.02 Å². The van der Waals surface area contributed by atoms with Gasteiger partial charge in [0.15, 0.2) is 5.84 Å². The van der Waals surface area contributed by atoms with E-state index in [-0.39, 0.29) is 0 Å². The molecule has 1 aromatic heterocycles. The number of imidazole rings is 1.